The molecule has 3 rings (SSSR count). The highest BCUT2D eigenvalue weighted by atomic mass is 32.1. The van der Waals surface area contributed by atoms with E-state index in [-0.39, 0.29) is 0 Å². The van der Waals surface area contributed by atoms with Crippen molar-refractivity contribution in [2.24, 2.45) is 0 Å². The normalized spacial score (nSPS) is 11.3. The third kappa shape index (κ3) is 2.59. The summed E-state index contributed by atoms with van der Waals surface area (Å²) in [6.45, 7) is 6.79. The van der Waals surface area contributed by atoms with Crippen molar-refractivity contribution in [3.8, 4) is 0 Å². The predicted octanol–water partition coefficient (Wildman–Crippen LogP) is 2.96. The summed E-state index contributed by atoms with van der Waals surface area (Å²) in [6, 6.07) is 4.13. The number of thiazole rings is 1. The summed E-state index contributed by atoms with van der Waals surface area (Å²) in [5.41, 5.74) is 3.42. The second-order valence-electron chi connectivity index (χ2n) is 4.82. The van der Waals surface area contributed by atoms with E-state index in [1.807, 2.05) is 19.2 Å². The SMILES string of the molecule is CCNCc1cn(Cc2nc(C)cs2)c2ncccc12. The Kier molecular flexibility index (Phi) is 3.80. The van der Waals surface area contributed by atoms with E-state index < -0.39 is 0 Å². The van der Waals surface area contributed by atoms with Gasteiger partial charge in [0.1, 0.15) is 10.7 Å². The predicted molar refractivity (Wildman–Crippen MR) is 83.1 cm³/mol. The minimum absolute atomic E-state index is 0.790. The van der Waals surface area contributed by atoms with Gasteiger partial charge in [-0.2, -0.15) is 0 Å². The van der Waals surface area contributed by atoms with Gasteiger partial charge in [0, 0.05) is 35.4 Å². The van der Waals surface area contributed by atoms with E-state index in [0.717, 1.165) is 36.0 Å². The van der Waals surface area contributed by atoms with E-state index in [1.165, 1.54) is 10.9 Å². The standard InChI is InChI=1S/C15H18N4S/c1-3-16-7-12-8-19(9-14-18-11(2)10-20-14)15-13(12)5-4-6-17-15/h4-6,8,10,16H,3,7,9H2,1-2H3. The lowest BCUT2D eigenvalue weighted by Crippen LogP contribution is -2.11. The first-order valence-electron chi connectivity index (χ1n) is 6.82. The van der Waals surface area contributed by atoms with Crippen LogP contribution in [-0.4, -0.2) is 21.1 Å². The molecular formula is C15H18N4S. The first-order chi connectivity index (χ1) is 9.78. The van der Waals surface area contributed by atoms with Gasteiger partial charge < -0.3 is 9.88 Å². The third-order valence-electron chi connectivity index (χ3n) is 3.25. The molecule has 3 aromatic heterocycles. The number of hydrogen-bond acceptors (Lipinski definition) is 4. The molecule has 20 heavy (non-hydrogen) atoms. The highest BCUT2D eigenvalue weighted by Crippen LogP contribution is 2.21. The van der Waals surface area contributed by atoms with Crippen molar-refractivity contribution in [1.82, 2.24) is 19.9 Å². The summed E-state index contributed by atoms with van der Waals surface area (Å²) in [5.74, 6) is 0. The van der Waals surface area contributed by atoms with Crippen LogP contribution in [0.3, 0.4) is 0 Å². The van der Waals surface area contributed by atoms with Crippen LogP contribution in [0, 0.1) is 6.92 Å². The van der Waals surface area contributed by atoms with Crippen LogP contribution in [0.2, 0.25) is 0 Å². The van der Waals surface area contributed by atoms with Crippen LogP contribution in [0.4, 0.5) is 0 Å². The number of nitrogens with zero attached hydrogens (tertiary/aromatic N) is 3. The molecular weight excluding hydrogens is 268 g/mol. The van der Waals surface area contributed by atoms with Gasteiger partial charge in [-0.05, 0) is 31.2 Å². The van der Waals surface area contributed by atoms with Crippen LogP contribution < -0.4 is 5.32 Å². The fourth-order valence-corrected chi connectivity index (χ4v) is 3.11. The van der Waals surface area contributed by atoms with Gasteiger partial charge in [-0.15, -0.1) is 11.3 Å². The Morgan fingerprint density at radius 1 is 1.40 bits per heavy atom. The maximum atomic E-state index is 4.54. The molecule has 0 atom stereocenters. The van der Waals surface area contributed by atoms with E-state index in [0.29, 0.717) is 0 Å². The lowest BCUT2D eigenvalue weighted by Gasteiger charge is -2.00. The second kappa shape index (κ2) is 5.73. The lowest BCUT2D eigenvalue weighted by atomic mass is 10.2. The van der Waals surface area contributed by atoms with Crippen molar-refractivity contribution < 1.29 is 0 Å². The van der Waals surface area contributed by atoms with Crippen molar-refractivity contribution in [2.45, 2.75) is 26.9 Å². The second-order valence-corrected chi connectivity index (χ2v) is 5.76. The van der Waals surface area contributed by atoms with Gasteiger partial charge in [-0.25, -0.2) is 9.97 Å². The summed E-state index contributed by atoms with van der Waals surface area (Å²) < 4.78 is 2.19. The topological polar surface area (TPSA) is 42.7 Å². The highest BCUT2D eigenvalue weighted by molar-refractivity contribution is 7.09. The average Bonchev–Trinajstić information content (AvgIpc) is 3.02. The largest absolute Gasteiger partial charge is 0.325 e. The molecule has 0 spiro atoms. The fraction of sp³-hybridized carbons (Fsp3) is 0.333. The number of hydrogen-bond donors (Lipinski definition) is 1. The molecule has 3 aromatic rings. The van der Waals surface area contributed by atoms with Gasteiger partial charge in [0.2, 0.25) is 0 Å². The zero-order chi connectivity index (χ0) is 13.9. The van der Waals surface area contributed by atoms with Crippen molar-refractivity contribution >= 4 is 22.4 Å². The molecule has 0 aliphatic carbocycles. The van der Waals surface area contributed by atoms with E-state index in [1.54, 1.807) is 11.3 Å². The molecule has 5 heteroatoms. The van der Waals surface area contributed by atoms with Crippen LogP contribution in [-0.2, 0) is 13.1 Å². The lowest BCUT2D eigenvalue weighted by molar-refractivity contribution is 0.723. The number of aromatic nitrogens is 3. The number of aryl methyl sites for hydroxylation is 1. The minimum atomic E-state index is 0.790. The monoisotopic (exact) mass is 286 g/mol. The Hall–Kier alpha value is -1.72. The van der Waals surface area contributed by atoms with Crippen LogP contribution in [0.5, 0.6) is 0 Å². The Balaban J connectivity index is 1.97. The Bertz CT molecular complexity index is 714. The molecule has 0 aliphatic rings. The molecule has 0 saturated heterocycles. The van der Waals surface area contributed by atoms with Gasteiger partial charge >= 0.3 is 0 Å². The van der Waals surface area contributed by atoms with Gasteiger partial charge in [0.15, 0.2) is 0 Å². The Morgan fingerprint density at radius 2 is 2.30 bits per heavy atom. The van der Waals surface area contributed by atoms with Crippen molar-refractivity contribution in [3.63, 3.8) is 0 Å². The van der Waals surface area contributed by atoms with Gasteiger partial charge in [0.05, 0.1) is 6.54 Å². The molecule has 1 N–H and O–H groups in total. The number of rotatable bonds is 5. The molecule has 0 saturated carbocycles. The zero-order valence-electron chi connectivity index (χ0n) is 11.8. The fourth-order valence-electron chi connectivity index (χ4n) is 2.34. The first kappa shape index (κ1) is 13.3. The van der Waals surface area contributed by atoms with Gasteiger partial charge in [-0.1, -0.05) is 6.92 Å². The van der Waals surface area contributed by atoms with E-state index in [4.69, 9.17) is 0 Å². The summed E-state index contributed by atoms with van der Waals surface area (Å²) in [7, 11) is 0. The van der Waals surface area contributed by atoms with Crippen LogP contribution in [0.25, 0.3) is 11.0 Å². The number of fused-ring (bicyclic) bond motifs is 1. The smallest absolute Gasteiger partial charge is 0.140 e. The molecule has 0 fully saturated rings. The zero-order valence-corrected chi connectivity index (χ0v) is 12.6. The van der Waals surface area contributed by atoms with Crippen molar-refractivity contribution in [2.75, 3.05) is 6.54 Å². The maximum Gasteiger partial charge on any atom is 0.140 e. The van der Waals surface area contributed by atoms with E-state index in [2.05, 4.69) is 44.4 Å². The summed E-state index contributed by atoms with van der Waals surface area (Å²) >= 11 is 1.70. The Morgan fingerprint density at radius 3 is 3.05 bits per heavy atom. The van der Waals surface area contributed by atoms with E-state index in [9.17, 15) is 0 Å². The molecule has 0 aliphatic heterocycles. The first-order valence-corrected chi connectivity index (χ1v) is 7.70. The van der Waals surface area contributed by atoms with Crippen molar-refractivity contribution in [3.05, 3.63) is 46.2 Å². The molecule has 4 nitrogen and oxygen atoms in total. The third-order valence-corrected chi connectivity index (χ3v) is 4.21. The summed E-state index contributed by atoms with van der Waals surface area (Å²) in [4.78, 5) is 9.06. The molecule has 3 heterocycles. The summed E-state index contributed by atoms with van der Waals surface area (Å²) in [5, 5.41) is 7.82. The van der Waals surface area contributed by atoms with E-state index >= 15 is 0 Å². The van der Waals surface area contributed by atoms with Crippen LogP contribution in [0.15, 0.2) is 29.9 Å². The molecule has 104 valence electrons. The summed E-state index contributed by atoms with van der Waals surface area (Å²) in [6.07, 6.45) is 4.04. The molecule has 0 aromatic carbocycles. The molecule has 0 bridgehead atoms. The van der Waals surface area contributed by atoms with Crippen LogP contribution >= 0.6 is 11.3 Å². The highest BCUT2D eigenvalue weighted by Gasteiger charge is 2.10. The van der Waals surface area contributed by atoms with Gasteiger partial charge in [-0.3, -0.25) is 0 Å². The quantitative estimate of drug-likeness (QED) is 0.784. The van der Waals surface area contributed by atoms with Crippen LogP contribution in [0.1, 0.15) is 23.2 Å². The molecule has 0 amide bonds. The minimum Gasteiger partial charge on any atom is -0.325 e. The van der Waals surface area contributed by atoms with Crippen molar-refractivity contribution in [1.29, 1.82) is 0 Å². The van der Waals surface area contributed by atoms with Gasteiger partial charge in [0.25, 0.3) is 0 Å². The average molecular weight is 286 g/mol. The number of nitrogens with one attached hydrogen (secondary N) is 1. The molecule has 0 radical (unpaired) electrons. The Labute approximate surface area is 122 Å². The number of pyridine rings is 1. The molecule has 0 unspecified atom stereocenters. The maximum absolute atomic E-state index is 4.54.